The number of ether oxygens (including phenoxy) is 2. The second-order valence-electron chi connectivity index (χ2n) is 5.65. The van der Waals surface area contributed by atoms with Crippen molar-refractivity contribution in [2.45, 2.75) is 44.5 Å². The molecule has 104 valence electrons. The summed E-state index contributed by atoms with van der Waals surface area (Å²) >= 11 is 0. The quantitative estimate of drug-likeness (QED) is 0.902. The molecule has 4 heteroatoms. The summed E-state index contributed by atoms with van der Waals surface area (Å²) in [6, 6.07) is 6.05. The number of hydrogen-bond donors (Lipinski definition) is 1. The lowest BCUT2D eigenvalue weighted by molar-refractivity contribution is -0.0242. The van der Waals surface area contributed by atoms with Crippen molar-refractivity contribution in [3.8, 4) is 0 Å². The molecule has 0 aromatic carbocycles. The number of pyridine rings is 1. The molecule has 19 heavy (non-hydrogen) atoms. The first-order valence-electron chi connectivity index (χ1n) is 7.15. The van der Waals surface area contributed by atoms with Gasteiger partial charge in [0.25, 0.3) is 0 Å². The summed E-state index contributed by atoms with van der Waals surface area (Å²) in [7, 11) is 0. The molecule has 2 aliphatic rings. The van der Waals surface area contributed by atoms with Crippen molar-refractivity contribution >= 4 is 0 Å². The van der Waals surface area contributed by atoms with E-state index in [-0.39, 0.29) is 11.7 Å². The van der Waals surface area contributed by atoms with Crippen LogP contribution in [0.15, 0.2) is 18.2 Å². The third-order valence-corrected chi connectivity index (χ3v) is 4.10. The fourth-order valence-corrected chi connectivity index (χ4v) is 3.02. The second kappa shape index (κ2) is 5.57. The van der Waals surface area contributed by atoms with E-state index in [0.29, 0.717) is 6.61 Å². The normalized spacial score (nSPS) is 25.8. The van der Waals surface area contributed by atoms with Crippen LogP contribution in [-0.2, 0) is 16.1 Å². The van der Waals surface area contributed by atoms with Gasteiger partial charge in [-0.25, -0.2) is 0 Å². The van der Waals surface area contributed by atoms with Gasteiger partial charge in [0.15, 0.2) is 0 Å². The first-order chi connectivity index (χ1) is 9.26. The molecule has 0 amide bonds. The summed E-state index contributed by atoms with van der Waals surface area (Å²) in [5.41, 5.74) is 2.13. The van der Waals surface area contributed by atoms with E-state index >= 15 is 0 Å². The zero-order valence-corrected chi connectivity index (χ0v) is 11.5. The van der Waals surface area contributed by atoms with E-state index in [1.165, 1.54) is 0 Å². The lowest BCUT2D eigenvalue weighted by Gasteiger charge is -2.32. The van der Waals surface area contributed by atoms with Crippen molar-refractivity contribution < 1.29 is 9.47 Å². The number of aromatic nitrogens is 1. The Labute approximate surface area is 114 Å². The monoisotopic (exact) mass is 262 g/mol. The molecular formula is C15H22N2O2. The third kappa shape index (κ3) is 3.14. The molecular weight excluding hydrogens is 240 g/mol. The van der Waals surface area contributed by atoms with Gasteiger partial charge in [0.2, 0.25) is 0 Å². The van der Waals surface area contributed by atoms with Crippen LogP contribution in [0.1, 0.15) is 30.7 Å². The highest BCUT2D eigenvalue weighted by Gasteiger charge is 2.41. The van der Waals surface area contributed by atoms with E-state index in [2.05, 4.69) is 10.3 Å². The minimum atomic E-state index is 0.0793. The average molecular weight is 262 g/mol. The Hall–Kier alpha value is -0.970. The van der Waals surface area contributed by atoms with Gasteiger partial charge >= 0.3 is 0 Å². The number of nitrogens with zero attached hydrogens (tertiary/aromatic N) is 1. The highest BCUT2D eigenvalue weighted by Crippen LogP contribution is 2.35. The molecule has 3 rings (SSSR count). The molecule has 1 spiro atoms. The van der Waals surface area contributed by atoms with Gasteiger partial charge in [0.1, 0.15) is 0 Å². The Morgan fingerprint density at radius 2 is 2.26 bits per heavy atom. The standard InChI is InChI=1S/C15H22N2O2/c1-12-3-2-4-13(17-12)10-18-14-9-15(19-11-14)5-7-16-8-6-15/h2-4,14,16H,5-11H2,1H3. The molecule has 3 heterocycles. The fraction of sp³-hybridized carbons (Fsp3) is 0.667. The highest BCUT2D eigenvalue weighted by atomic mass is 16.6. The maximum atomic E-state index is 6.02. The fourth-order valence-electron chi connectivity index (χ4n) is 3.02. The Morgan fingerprint density at radius 3 is 3.05 bits per heavy atom. The van der Waals surface area contributed by atoms with Crippen LogP contribution in [0.25, 0.3) is 0 Å². The SMILES string of the molecule is Cc1cccc(COC2COC3(CCNCC3)C2)n1. The summed E-state index contributed by atoms with van der Waals surface area (Å²) in [5.74, 6) is 0. The summed E-state index contributed by atoms with van der Waals surface area (Å²) < 4.78 is 12.0. The Kier molecular flexibility index (Phi) is 3.82. The predicted molar refractivity (Wildman–Crippen MR) is 73.0 cm³/mol. The van der Waals surface area contributed by atoms with Crippen molar-refractivity contribution in [1.82, 2.24) is 10.3 Å². The van der Waals surface area contributed by atoms with Crippen molar-refractivity contribution in [2.24, 2.45) is 0 Å². The molecule has 4 nitrogen and oxygen atoms in total. The molecule has 2 saturated heterocycles. The molecule has 1 atom stereocenters. The number of hydrogen-bond acceptors (Lipinski definition) is 4. The van der Waals surface area contributed by atoms with E-state index in [4.69, 9.17) is 9.47 Å². The molecule has 0 radical (unpaired) electrons. The first kappa shape index (κ1) is 13.0. The van der Waals surface area contributed by atoms with E-state index in [0.717, 1.165) is 50.3 Å². The summed E-state index contributed by atoms with van der Waals surface area (Å²) in [4.78, 5) is 4.46. The molecule has 1 aromatic heterocycles. The van der Waals surface area contributed by atoms with Crippen LogP contribution >= 0.6 is 0 Å². The highest BCUT2D eigenvalue weighted by molar-refractivity contribution is 5.09. The van der Waals surface area contributed by atoms with Gasteiger partial charge in [0.05, 0.1) is 30.6 Å². The molecule has 0 aliphatic carbocycles. The van der Waals surface area contributed by atoms with Crippen LogP contribution in [0, 0.1) is 6.92 Å². The Balaban J connectivity index is 1.52. The van der Waals surface area contributed by atoms with Crippen LogP contribution in [-0.4, -0.2) is 36.4 Å². The summed E-state index contributed by atoms with van der Waals surface area (Å²) in [5, 5.41) is 3.38. The number of aryl methyl sites for hydroxylation is 1. The lowest BCUT2D eigenvalue weighted by Crippen LogP contribution is -2.41. The van der Waals surface area contributed by atoms with Crippen LogP contribution in [0.5, 0.6) is 0 Å². The minimum Gasteiger partial charge on any atom is -0.372 e. The van der Waals surface area contributed by atoms with Crippen molar-refractivity contribution in [3.63, 3.8) is 0 Å². The van der Waals surface area contributed by atoms with Crippen molar-refractivity contribution in [1.29, 1.82) is 0 Å². The van der Waals surface area contributed by atoms with E-state index in [1.54, 1.807) is 0 Å². The number of rotatable bonds is 3. The zero-order valence-electron chi connectivity index (χ0n) is 11.5. The number of nitrogens with one attached hydrogen (secondary N) is 1. The van der Waals surface area contributed by atoms with Gasteiger partial charge in [-0.1, -0.05) is 6.07 Å². The minimum absolute atomic E-state index is 0.0793. The van der Waals surface area contributed by atoms with Gasteiger partial charge in [-0.2, -0.15) is 0 Å². The molecule has 1 aromatic rings. The van der Waals surface area contributed by atoms with Gasteiger partial charge < -0.3 is 14.8 Å². The van der Waals surface area contributed by atoms with E-state index in [9.17, 15) is 0 Å². The third-order valence-electron chi connectivity index (χ3n) is 4.10. The average Bonchev–Trinajstić information content (AvgIpc) is 2.80. The van der Waals surface area contributed by atoms with Crippen LogP contribution < -0.4 is 5.32 Å². The van der Waals surface area contributed by atoms with Crippen molar-refractivity contribution in [3.05, 3.63) is 29.6 Å². The van der Waals surface area contributed by atoms with E-state index in [1.807, 2.05) is 25.1 Å². The second-order valence-corrected chi connectivity index (χ2v) is 5.65. The molecule has 1 unspecified atom stereocenters. The molecule has 1 N–H and O–H groups in total. The van der Waals surface area contributed by atoms with Crippen LogP contribution in [0.4, 0.5) is 0 Å². The van der Waals surface area contributed by atoms with Gasteiger partial charge in [-0.15, -0.1) is 0 Å². The largest absolute Gasteiger partial charge is 0.372 e. The Bertz CT molecular complexity index is 430. The number of piperidine rings is 1. The lowest BCUT2D eigenvalue weighted by atomic mass is 9.89. The maximum absolute atomic E-state index is 6.02. The smallest absolute Gasteiger partial charge is 0.0892 e. The van der Waals surface area contributed by atoms with Gasteiger partial charge in [-0.3, -0.25) is 4.98 Å². The van der Waals surface area contributed by atoms with Crippen LogP contribution in [0.3, 0.4) is 0 Å². The summed E-state index contributed by atoms with van der Waals surface area (Å²) in [6.07, 6.45) is 3.46. The first-order valence-corrected chi connectivity index (χ1v) is 7.15. The molecule has 2 aliphatic heterocycles. The summed E-state index contributed by atoms with van der Waals surface area (Å²) in [6.45, 7) is 5.44. The predicted octanol–water partition coefficient (Wildman–Crippen LogP) is 1.82. The molecule has 2 fully saturated rings. The molecule has 0 saturated carbocycles. The van der Waals surface area contributed by atoms with Crippen molar-refractivity contribution in [2.75, 3.05) is 19.7 Å². The van der Waals surface area contributed by atoms with Gasteiger partial charge in [0, 0.05) is 12.1 Å². The topological polar surface area (TPSA) is 43.4 Å². The molecule has 0 bridgehead atoms. The Morgan fingerprint density at radius 1 is 1.42 bits per heavy atom. The zero-order chi connectivity index (χ0) is 13.1. The van der Waals surface area contributed by atoms with E-state index < -0.39 is 0 Å². The van der Waals surface area contributed by atoms with Gasteiger partial charge in [-0.05, 0) is 45.0 Å². The maximum Gasteiger partial charge on any atom is 0.0892 e. The van der Waals surface area contributed by atoms with Crippen LogP contribution in [0.2, 0.25) is 0 Å².